The standard InChI is InChI=1S/C12H20IN3/c1-5-6-8-10(13)11(14)16-9(15-8)7-12(2,3)4/h5-7H2,1-4H3,(H2,14,15,16). The second-order valence-corrected chi connectivity index (χ2v) is 6.35. The fourth-order valence-corrected chi connectivity index (χ4v) is 2.03. The summed E-state index contributed by atoms with van der Waals surface area (Å²) in [7, 11) is 0. The van der Waals surface area contributed by atoms with E-state index in [1.165, 1.54) is 0 Å². The van der Waals surface area contributed by atoms with Crippen LogP contribution in [-0.2, 0) is 12.8 Å². The Morgan fingerprint density at radius 3 is 2.38 bits per heavy atom. The SMILES string of the molecule is CCCc1nc(CC(C)(C)C)nc(N)c1I. The molecule has 1 heterocycles. The quantitative estimate of drug-likeness (QED) is 0.864. The second-order valence-electron chi connectivity index (χ2n) is 5.27. The Kier molecular flexibility index (Phi) is 4.52. The van der Waals surface area contributed by atoms with Gasteiger partial charge in [-0.25, -0.2) is 9.97 Å². The van der Waals surface area contributed by atoms with E-state index in [1.807, 2.05) is 0 Å². The number of aromatic nitrogens is 2. The fourth-order valence-electron chi connectivity index (χ4n) is 1.52. The first kappa shape index (κ1) is 13.7. The van der Waals surface area contributed by atoms with Crippen LogP contribution in [0.1, 0.15) is 45.6 Å². The highest BCUT2D eigenvalue weighted by atomic mass is 127. The lowest BCUT2D eigenvalue weighted by molar-refractivity contribution is 0.400. The normalized spacial score (nSPS) is 11.8. The van der Waals surface area contributed by atoms with Crippen LogP contribution in [0.15, 0.2) is 0 Å². The van der Waals surface area contributed by atoms with Crippen LogP contribution >= 0.6 is 22.6 Å². The van der Waals surface area contributed by atoms with Crippen LogP contribution in [0.2, 0.25) is 0 Å². The Morgan fingerprint density at radius 2 is 1.88 bits per heavy atom. The smallest absolute Gasteiger partial charge is 0.140 e. The van der Waals surface area contributed by atoms with Gasteiger partial charge in [-0.15, -0.1) is 0 Å². The third-order valence-electron chi connectivity index (χ3n) is 2.17. The van der Waals surface area contributed by atoms with Gasteiger partial charge >= 0.3 is 0 Å². The molecule has 0 aromatic carbocycles. The lowest BCUT2D eigenvalue weighted by Gasteiger charge is -2.18. The summed E-state index contributed by atoms with van der Waals surface area (Å²) in [6, 6.07) is 0. The predicted molar refractivity (Wildman–Crippen MR) is 76.3 cm³/mol. The van der Waals surface area contributed by atoms with Gasteiger partial charge in [-0.1, -0.05) is 34.1 Å². The molecule has 0 aliphatic heterocycles. The molecule has 4 heteroatoms. The molecule has 0 radical (unpaired) electrons. The number of aryl methyl sites for hydroxylation is 1. The average Bonchev–Trinajstić information content (AvgIpc) is 2.11. The number of hydrogen-bond acceptors (Lipinski definition) is 3. The van der Waals surface area contributed by atoms with Crippen molar-refractivity contribution in [2.75, 3.05) is 5.73 Å². The Bertz CT molecular complexity index is 369. The van der Waals surface area contributed by atoms with Crippen molar-refractivity contribution < 1.29 is 0 Å². The topological polar surface area (TPSA) is 51.8 Å². The van der Waals surface area contributed by atoms with Crippen molar-refractivity contribution in [1.82, 2.24) is 9.97 Å². The highest BCUT2D eigenvalue weighted by Gasteiger charge is 2.16. The zero-order chi connectivity index (χ0) is 12.3. The molecule has 1 rings (SSSR count). The minimum Gasteiger partial charge on any atom is -0.383 e. The summed E-state index contributed by atoms with van der Waals surface area (Å²) >= 11 is 2.23. The van der Waals surface area contributed by atoms with Crippen LogP contribution in [0.25, 0.3) is 0 Å². The molecule has 16 heavy (non-hydrogen) atoms. The summed E-state index contributed by atoms with van der Waals surface area (Å²) in [4.78, 5) is 8.97. The first-order valence-electron chi connectivity index (χ1n) is 5.64. The van der Waals surface area contributed by atoms with Gasteiger partial charge in [0.25, 0.3) is 0 Å². The number of anilines is 1. The first-order valence-corrected chi connectivity index (χ1v) is 6.72. The Balaban J connectivity index is 3.04. The predicted octanol–water partition coefficient (Wildman–Crippen LogP) is 3.20. The van der Waals surface area contributed by atoms with Crippen LogP contribution in [0.5, 0.6) is 0 Å². The average molecular weight is 333 g/mol. The van der Waals surface area contributed by atoms with Gasteiger partial charge in [0.15, 0.2) is 0 Å². The molecule has 0 spiro atoms. The number of nitrogens with zero attached hydrogens (tertiary/aromatic N) is 2. The Hall–Kier alpha value is -0.390. The molecule has 0 aliphatic rings. The number of nitrogen functional groups attached to an aromatic ring is 1. The van der Waals surface area contributed by atoms with Crippen LogP contribution in [-0.4, -0.2) is 9.97 Å². The molecule has 90 valence electrons. The lowest BCUT2D eigenvalue weighted by Crippen LogP contribution is -2.15. The first-order chi connectivity index (χ1) is 7.33. The minimum absolute atomic E-state index is 0.197. The molecule has 1 aromatic rings. The molecule has 0 atom stereocenters. The molecule has 0 saturated heterocycles. The van der Waals surface area contributed by atoms with Gasteiger partial charge in [0, 0.05) is 6.42 Å². The van der Waals surface area contributed by atoms with Crippen LogP contribution in [0.3, 0.4) is 0 Å². The van der Waals surface area contributed by atoms with Crippen molar-refractivity contribution in [3.8, 4) is 0 Å². The lowest BCUT2D eigenvalue weighted by atomic mass is 9.92. The number of hydrogen-bond donors (Lipinski definition) is 1. The van der Waals surface area contributed by atoms with Crippen molar-refractivity contribution in [1.29, 1.82) is 0 Å². The second kappa shape index (κ2) is 5.29. The summed E-state index contributed by atoms with van der Waals surface area (Å²) in [5.74, 6) is 1.49. The zero-order valence-electron chi connectivity index (χ0n) is 10.5. The third kappa shape index (κ3) is 3.88. The van der Waals surface area contributed by atoms with E-state index in [1.54, 1.807) is 0 Å². The van der Waals surface area contributed by atoms with E-state index < -0.39 is 0 Å². The van der Waals surface area contributed by atoms with Crippen molar-refractivity contribution in [3.05, 3.63) is 15.1 Å². The van der Waals surface area contributed by atoms with Gasteiger partial charge in [-0.05, 0) is 34.4 Å². The van der Waals surface area contributed by atoms with Crippen LogP contribution < -0.4 is 5.73 Å². The summed E-state index contributed by atoms with van der Waals surface area (Å²) in [5, 5.41) is 0. The molecular formula is C12H20IN3. The largest absolute Gasteiger partial charge is 0.383 e. The monoisotopic (exact) mass is 333 g/mol. The third-order valence-corrected chi connectivity index (χ3v) is 3.34. The Labute approximate surface area is 111 Å². The van der Waals surface area contributed by atoms with E-state index in [9.17, 15) is 0 Å². The number of halogens is 1. The maximum Gasteiger partial charge on any atom is 0.140 e. The van der Waals surface area contributed by atoms with Crippen LogP contribution in [0.4, 0.5) is 5.82 Å². The summed E-state index contributed by atoms with van der Waals surface area (Å²) in [5.41, 5.74) is 7.20. The molecule has 0 unspecified atom stereocenters. The molecule has 0 aliphatic carbocycles. The van der Waals surface area contributed by atoms with Crippen molar-refractivity contribution in [2.24, 2.45) is 5.41 Å². The molecule has 0 saturated carbocycles. The molecule has 1 aromatic heterocycles. The van der Waals surface area contributed by atoms with Gasteiger partial charge in [0.2, 0.25) is 0 Å². The van der Waals surface area contributed by atoms with E-state index in [-0.39, 0.29) is 5.41 Å². The van der Waals surface area contributed by atoms with E-state index in [0.717, 1.165) is 34.4 Å². The highest BCUT2D eigenvalue weighted by molar-refractivity contribution is 14.1. The van der Waals surface area contributed by atoms with E-state index >= 15 is 0 Å². The molecular weight excluding hydrogens is 313 g/mol. The summed E-state index contributed by atoms with van der Waals surface area (Å²) in [6.07, 6.45) is 2.92. The molecule has 0 amide bonds. The molecule has 0 bridgehead atoms. The van der Waals surface area contributed by atoms with Gasteiger partial charge < -0.3 is 5.73 Å². The van der Waals surface area contributed by atoms with Gasteiger partial charge in [0.05, 0.1) is 9.26 Å². The summed E-state index contributed by atoms with van der Waals surface area (Å²) in [6.45, 7) is 8.70. The fraction of sp³-hybridized carbons (Fsp3) is 0.667. The van der Waals surface area contributed by atoms with Crippen molar-refractivity contribution in [2.45, 2.75) is 47.0 Å². The number of rotatable bonds is 3. The maximum atomic E-state index is 5.91. The molecule has 0 fully saturated rings. The summed E-state index contributed by atoms with van der Waals surface area (Å²) < 4.78 is 1.01. The molecule has 2 N–H and O–H groups in total. The van der Waals surface area contributed by atoms with Gasteiger partial charge in [0.1, 0.15) is 11.6 Å². The van der Waals surface area contributed by atoms with Crippen molar-refractivity contribution >= 4 is 28.4 Å². The van der Waals surface area contributed by atoms with E-state index in [0.29, 0.717) is 5.82 Å². The molecule has 3 nitrogen and oxygen atoms in total. The zero-order valence-corrected chi connectivity index (χ0v) is 12.6. The van der Waals surface area contributed by atoms with Crippen LogP contribution in [0, 0.1) is 8.99 Å². The van der Waals surface area contributed by atoms with Gasteiger partial charge in [-0.3, -0.25) is 0 Å². The minimum atomic E-state index is 0.197. The maximum absolute atomic E-state index is 5.91. The highest BCUT2D eigenvalue weighted by Crippen LogP contribution is 2.22. The van der Waals surface area contributed by atoms with E-state index in [4.69, 9.17) is 5.73 Å². The van der Waals surface area contributed by atoms with Crippen molar-refractivity contribution in [3.63, 3.8) is 0 Å². The van der Waals surface area contributed by atoms with E-state index in [2.05, 4.69) is 60.3 Å². The Morgan fingerprint density at radius 1 is 1.25 bits per heavy atom. The number of nitrogens with two attached hydrogens (primary N) is 1. The van der Waals surface area contributed by atoms with Gasteiger partial charge in [-0.2, -0.15) is 0 Å².